The second-order valence-electron chi connectivity index (χ2n) is 9.52. The highest BCUT2D eigenvalue weighted by Crippen LogP contribution is 2.35. The van der Waals surface area contributed by atoms with Crippen LogP contribution in [0.5, 0.6) is 5.75 Å². The number of amides is 2. The van der Waals surface area contributed by atoms with Gasteiger partial charge in [0.2, 0.25) is 5.91 Å². The van der Waals surface area contributed by atoms with Gasteiger partial charge in [0.1, 0.15) is 18.7 Å². The topological polar surface area (TPSA) is 98.9 Å². The van der Waals surface area contributed by atoms with Gasteiger partial charge < -0.3 is 9.47 Å². The normalized spacial score (nSPS) is 15.1. The molecule has 5 rings (SSSR count). The van der Waals surface area contributed by atoms with Crippen molar-refractivity contribution in [2.24, 2.45) is 4.99 Å². The molecule has 0 radical (unpaired) electrons. The third kappa shape index (κ3) is 7.19. The molecule has 0 N–H and O–H groups in total. The third-order valence-corrected chi connectivity index (χ3v) is 7.69. The Kier molecular flexibility index (Phi) is 8.92. The average molecular weight is 648 g/mol. The van der Waals surface area contributed by atoms with Gasteiger partial charge in [-0.2, -0.15) is 4.99 Å². The van der Waals surface area contributed by atoms with Crippen molar-refractivity contribution in [1.29, 1.82) is 0 Å². The number of aryl methyl sites for hydroxylation is 2. The van der Waals surface area contributed by atoms with Crippen molar-refractivity contribution in [2.45, 2.75) is 26.4 Å². The smallest absolute Gasteiger partial charge is 0.444 e. The van der Waals surface area contributed by atoms with E-state index in [9.17, 15) is 27.2 Å². The molecule has 1 aromatic heterocycles. The zero-order valence-electron chi connectivity index (χ0n) is 23.0. The summed E-state index contributed by atoms with van der Waals surface area (Å²) in [5.74, 6) is -0.318. The van der Waals surface area contributed by atoms with Gasteiger partial charge in [-0.05, 0) is 66.9 Å². The maximum atomic E-state index is 14.9. The molecule has 1 unspecified atom stereocenters. The lowest BCUT2D eigenvalue weighted by Crippen LogP contribution is -2.30. The number of rotatable bonds is 7. The van der Waals surface area contributed by atoms with Gasteiger partial charge in [0.25, 0.3) is 0 Å². The van der Waals surface area contributed by atoms with E-state index in [1.807, 2.05) is 13.8 Å². The SMILES string of the molecule is Cc1cc(Cl)c(N2C(=O)CSC2=NC(=O)OCC(F)c2ccc(-c3ncn(-c4ccc(OC(F)(F)F)cc4)n3)cc2)cc1C. The first kappa shape index (κ1) is 31.0. The number of ether oxygens (including phenoxy) is 2. The van der Waals surface area contributed by atoms with Crippen LogP contribution in [0.3, 0.4) is 0 Å². The van der Waals surface area contributed by atoms with Crippen LogP contribution >= 0.6 is 23.4 Å². The lowest BCUT2D eigenvalue weighted by molar-refractivity contribution is -0.274. The van der Waals surface area contributed by atoms with E-state index in [0.717, 1.165) is 35.0 Å². The summed E-state index contributed by atoms with van der Waals surface area (Å²) in [6, 6.07) is 14.7. The van der Waals surface area contributed by atoms with Crippen LogP contribution in [0.25, 0.3) is 17.1 Å². The second kappa shape index (κ2) is 12.7. The maximum absolute atomic E-state index is 14.9. The molecule has 0 aliphatic carbocycles. The Balaban J connectivity index is 1.20. The van der Waals surface area contributed by atoms with Crippen LogP contribution in [0.2, 0.25) is 5.02 Å². The highest BCUT2D eigenvalue weighted by molar-refractivity contribution is 8.15. The molecule has 1 atom stereocenters. The number of carbonyl (C=O) groups excluding carboxylic acids is 2. The van der Waals surface area contributed by atoms with Gasteiger partial charge in [-0.3, -0.25) is 9.69 Å². The number of benzene rings is 3. The number of thioether (sulfide) groups is 1. The first-order valence-corrected chi connectivity index (χ1v) is 14.2. The predicted molar refractivity (Wildman–Crippen MR) is 157 cm³/mol. The Bertz CT molecular complexity index is 1730. The lowest BCUT2D eigenvalue weighted by Gasteiger charge is -2.19. The average Bonchev–Trinajstić information content (AvgIpc) is 3.61. The maximum Gasteiger partial charge on any atom is 0.573 e. The van der Waals surface area contributed by atoms with Crippen molar-refractivity contribution in [2.75, 3.05) is 17.3 Å². The van der Waals surface area contributed by atoms with Crippen molar-refractivity contribution in [3.63, 3.8) is 0 Å². The minimum Gasteiger partial charge on any atom is -0.444 e. The molecule has 9 nitrogen and oxygen atoms in total. The molecule has 1 fully saturated rings. The zero-order chi connectivity index (χ0) is 31.6. The van der Waals surface area contributed by atoms with Crippen LogP contribution in [0.15, 0.2) is 72.0 Å². The minimum atomic E-state index is -4.79. The summed E-state index contributed by atoms with van der Waals surface area (Å²) in [4.78, 5) is 34.3. The molecule has 0 spiro atoms. The number of aliphatic imine (C=N–C) groups is 1. The van der Waals surface area contributed by atoms with E-state index in [4.69, 9.17) is 16.3 Å². The van der Waals surface area contributed by atoms with Crippen molar-refractivity contribution in [3.05, 3.63) is 88.7 Å². The fourth-order valence-electron chi connectivity index (χ4n) is 4.13. The number of amidine groups is 1. The van der Waals surface area contributed by atoms with Crippen LogP contribution in [-0.2, 0) is 9.53 Å². The number of alkyl halides is 4. The molecule has 228 valence electrons. The molecular formula is C29H22ClF4N5O4S. The summed E-state index contributed by atoms with van der Waals surface area (Å²) in [7, 11) is 0. The monoisotopic (exact) mass is 647 g/mol. The number of hydrogen-bond donors (Lipinski definition) is 0. The van der Waals surface area contributed by atoms with Crippen LogP contribution in [0.1, 0.15) is 22.9 Å². The number of carbonyl (C=O) groups is 2. The number of hydrogen-bond acceptors (Lipinski definition) is 7. The Hall–Kier alpha value is -4.43. The molecular weight excluding hydrogens is 626 g/mol. The summed E-state index contributed by atoms with van der Waals surface area (Å²) < 4.78 is 62.3. The van der Waals surface area contributed by atoms with E-state index >= 15 is 0 Å². The summed E-state index contributed by atoms with van der Waals surface area (Å²) >= 11 is 7.40. The highest BCUT2D eigenvalue weighted by Gasteiger charge is 2.33. The minimum absolute atomic E-state index is 0.0593. The van der Waals surface area contributed by atoms with Crippen LogP contribution in [-0.4, -0.2) is 50.7 Å². The first-order valence-electron chi connectivity index (χ1n) is 12.9. The zero-order valence-corrected chi connectivity index (χ0v) is 24.6. The molecule has 4 aromatic rings. The third-order valence-electron chi connectivity index (χ3n) is 6.47. The summed E-state index contributed by atoms with van der Waals surface area (Å²) in [6.45, 7) is 3.14. The first-order chi connectivity index (χ1) is 20.9. The Morgan fingerprint density at radius 2 is 1.77 bits per heavy atom. The molecule has 0 bridgehead atoms. The van der Waals surface area contributed by atoms with E-state index in [2.05, 4.69) is 19.8 Å². The highest BCUT2D eigenvalue weighted by atomic mass is 35.5. The largest absolute Gasteiger partial charge is 0.573 e. The molecule has 15 heteroatoms. The van der Waals surface area contributed by atoms with Crippen LogP contribution in [0.4, 0.5) is 28.0 Å². The molecule has 1 saturated heterocycles. The van der Waals surface area contributed by atoms with Gasteiger partial charge in [0, 0.05) is 5.56 Å². The molecule has 1 aliphatic heterocycles. The molecule has 2 heterocycles. The number of aromatic nitrogens is 3. The van der Waals surface area contributed by atoms with E-state index in [0.29, 0.717) is 27.8 Å². The van der Waals surface area contributed by atoms with Crippen molar-refractivity contribution in [1.82, 2.24) is 14.8 Å². The van der Waals surface area contributed by atoms with E-state index in [1.54, 1.807) is 24.3 Å². The summed E-state index contributed by atoms with van der Waals surface area (Å²) in [6.07, 6.45) is -6.14. The standard InChI is InChI=1S/C29H22ClF4N5O4S/c1-16-11-22(30)24(12-17(16)2)39-25(40)14-44-27(39)36-28(41)42-13-23(31)18-3-5-19(6-4-18)26-35-15-38(37-26)20-7-9-21(10-8-20)43-29(32,33)34/h3-12,15,23H,13-14H2,1-2H3. The van der Waals surface area contributed by atoms with Gasteiger partial charge in [0.05, 0.1) is 22.2 Å². The Morgan fingerprint density at radius 1 is 1.09 bits per heavy atom. The van der Waals surface area contributed by atoms with Crippen molar-refractivity contribution >= 4 is 46.2 Å². The van der Waals surface area contributed by atoms with Crippen molar-refractivity contribution < 1.29 is 36.6 Å². The fraction of sp³-hybridized carbons (Fsp3) is 0.207. The number of halogens is 5. The Labute approximate surface area is 257 Å². The van der Waals surface area contributed by atoms with E-state index < -0.39 is 25.2 Å². The van der Waals surface area contributed by atoms with Crippen LogP contribution in [0, 0.1) is 13.8 Å². The van der Waals surface area contributed by atoms with Crippen LogP contribution < -0.4 is 9.64 Å². The van der Waals surface area contributed by atoms with Crippen molar-refractivity contribution in [3.8, 4) is 22.8 Å². The molecule has 1 aliphatic rings. The number of anilines is 1. The summed E-state index contributed by atoms with van der Waals surface area (Å²) in [5, 5.41) is 4.72. The Morgan fingerprint density at radius 3 is 2.45 bits per heavy atom. The molecule has 3 aromatic carbocycles. The number of nitrogens with zero attached hydrogens (tertiary/aromatic N) is 5. The predicted octanol–water partition coefficient (Wildman–Crippen LogP) is 7.39. The van der Waals surface area contributed by atoms with Gasteiger partial charge in [-0.15, -0.1) is 18.3 Å². The van der Waals surface area contributed by atoms with Gasteiger partial charge in [0.15, 0.2) is 17.2 Å². The molecule has 44 heavy (non-hydrogen) atoms. The molecule has 2 amide bonds. The van der Waals surface area contributed by atoms with Gasteiger partial charge in [-0.1, -0.05) is 47.6 Å². The van der Waals surface area contributed by atoms with E-state index in [-0.39, 0.29) is 28.1 Å². The lowest BCUT2D eigenvalue weighted by atomic mass is 10.1. The fourth-order valence-corrected chi connectivity index (χ4v) is 5.28. The quantitative estimate of drug-likeness (QED) is 0.193. The van der Waals surface area contributed by atoms with E-state index in [1.165, 1.54) is 40.2 Å². The second-order valence-corrected chi connectivity index (χ2v) is 10.9. The molecule has 0 saturated carbocycles. The van der Waals surface area contributed by atoms with Gasteiger partial charge >= 0.3 is 12.5 Å². The van der Waals surface area contributed by atoms with Gasteiger partial charge in [-0.25, -0.2) is 18.9 Å². The summed E-state index contributed by atoms with van der Waals surface area (Å²) in [5.41, 5.74) is 3.46.